The Morgan fingerprint density at radius 2 is 1.48 bits per heavy atom. The van der Waals surface area contributed by atoms with Crippen LogP contribution in [0.3, 0.4) is 0 Å². The average Bonchev–Trinajstić information content (AvgIpc) is 2.47. The number of aliphatic hydroxyl groups excluding tert-OH is 2. The first-order chi connectivity index (χ1) is 9.93. The summed E-state index contributed by atoms with van der Waals surface area (Å²) in [5, 5.41) is 18.1. The van der Waals surface area contributed by atoms with E-state index in [1.807, 2.05) is 42.5 Å². The number of hydrogen-bond donors (Lipinski definition) is 2. The summed E-state index contributed by atoms with van der Waals surface area (Å²) in [6.07, 6.45) is -0.232. The Morgan fingerprint density at radius 1 is 0.952 bits per heavy atom. The Bertz CT molecular complexity index is 678. The van der Waals surface area contributed by atoms with Gasteiger partial charge >= 0.3 is 0 Å². The van der Waals surface area contributed by atoms with Crippen molar-refractivity contribution < 1.29 is 18.6 Å². The first-order valence-corrected chi connectivity index (χ1v) is 8.52. The monoisotopic (exact) mass is 306 g/mol. The van der Waals surface area contributed by atoms with Crippen LogP contribution in [0.5, 0.6) is 0 Å². The Hall–Kier alpha value is -1.69. The standard InChI is InChI=1S/C16H18O4S/c1-21(19,20)15(11-17)16(18)14-9-7-13(8-10-14)12-5-3-2-4-6-12/h2-10,15-18H,11H2,1H3/t15-,16+/m1/s1. The van der Waals surface area contributed by atoms with Crippen molar-refractivity contribution in [1.29, 1.82) is 0 Å². The molecule has 0 aliphatic carbocycles. The molecule has 0 aromatic heterocycles. The molecule has 2 aromatic carbocycles. The van der Waals surface area contributed by atoms with E-state index in [1.165, 1.54) is 0 Å². The highest BCUT2D eigenvalue weighted by Crippen LogP contribution is 2.25. The van der Waals surface area contributed by atoms with Crippen LogP contribution in [-0.4, -0.2) is 36.7 Å². The largest absolute Gasteiger partial charge is 0.395 e. The van der Waals surface area contributed by atoms with Gasteiger partial charge in [-0.3, -0.25) is 0 Å². The molecule has 112 valence electrons. The Kier molecular flexibility index (Phi) is 4.77. The van der Waals surface area contributed by atoms with E-state index in [0.717, 1.165) is 17.4 Å². The van der Waals surface area contributed by atoms with Gasteiger partial charge in [0, 0.05) is 6.26 Å². The zero-order chi connectivity index (χ0) is 15.5. The van der Waals surface area contributed by atoms with Crippen LogP contribution < -0.4 is 0 Å². The summed E-state index contributed by atoms with van der Waals surface area (Å²) in [4.78, 5) is 0. The highest BCUT2D eigenvalue weighted by atomic mass is 32.2. The SMILES string of the molecule is CS(=O)(=O)[C@H](CO)[C@@H](O)c1ccc(-c2ccccc2)cc1. The van der Waals surface area contributed by atoms with Gasteiger partial charge in [-0.15, -0.1) is 0 Å². The molecular weight excluding hydrogens is 288 g/mol. The number of aliphatic hydroxyl groups is 2. The Labute approximate surface area is 124 Å². The third-order valence-corrected chi connectivity index (χ3v) is 4.95. The van der Waals surface area contributed by atoms with Gasteiger partial charge < -0.3 is 10.2 Å². The molecule has 0 amide bonds. The zero-order valence-corrected chi connectivity index (χ0v) is 12.5. The molecule has 2 aromatic rings. The molecule has 0 saturated carbocycles. The summed E-state index contributed by atoms with van der Waals surface area (Å²) in [5.74, 6) is 0. The summed E-state index contributed by atoms with van der Waals surface area (Å²) in [5.41, 5.74) is 2.49. The average molecular weight is 306 g/mol. The fourth-order valence-corrected chi connectivity index (χ4v) is 3.08. The maximum Gasteiger partial charge on any atom is 0.155 e. The summed E-state index contributed by atoms with van der Waals surface area (Å²) >= 11 is 0. The quantitative estimate of drug-likeness (QED) is 0.883. The van der Waals surface area contributed by atoms with Crippen molar-refractivity contribution in [2.45, 2.75) is 11.4 Å². The number of sulfone groups is 1. The molecule has 0 spiro atoms. The second-order valence-electron chi connectivity index (χ2n) is 4.98. The van der Waals surface area contributed by atoms with E-state index in [2.05, 4.69) is 0 Å². The van der Waals surface area contributed by atoms with Crippen molar-refractivity contribution >= 4 is 9.84 Å². The Balaban J connectivity index is 2.27. The van der Waals surface area contributed by atoms with E-state index in [1.54, 1.807) is 12.1 Å². The van der Waals surface area contributed by atoms with Crippen molar-refractivity contribution in [1.82, 2.24) is 0 Å². The van der Waals surface area contributed by atoms with E-state index in [9.17, 15) is 18.6 Å². The number of rotatable bonds is 5. The molecule has 0 unspecified atom stereocenters. The van der Waals surface area contributed by atoms with Gasteiger partial charge in [-0.05, 0) is 16.7 Å². The van der Waals surface area contributed by atoms with E-state index in [4.69, 9.17) is 0 Å². The van der Waals surface area contributed by atoms with E-state index in [0.29, 0.717) is 5.56 Å². The minimum Gasteiger partial charge on any atom is -0.395 e. The van der Waals surface area contributed by atoms with Crippen molar-refractivity contribution in [2.24, 2.45) is 0 Å². The van der Waals surface area contributed by atoms with Crippen LogP contribution >= 0.6 is 0 Å². The van der Waals surface area contributed by atoms with Crippen LogP contribution in [-0.2, 0) is 9.84 Å². The van der Waals surface area contributed by atoms with Gasteiger partial charge in [0.2, 0.25) is 0 Å². The fraction of sp³-hybridized carbons (Fsp3) is 0.250. The maximum absolute atomic E-state index is 11.5. The van der Waals surface area contributed by atoms with Crippen LogP contribution in [0, 0.1) is 0 Å². The summed E-state index contributed by atoms with van der Waals surface area (Å²) in [6, 6.07) is 16.8. The minimum absolute atomic E-state index is 0.471. The molecular formula is C16H18O4S. The first-order valence-electron chi connectivity index (χ1n) is 6.56. The van der Waals surface area contributed by atoms with Gasteiger partial charge in [-0.25, -0.2) is 8.42 Å². The number of hydrogen-bond acceptors (Lipinski definition) is 4. The summed E-state index contributed by atoms with van der Waals surface area (Å²) in [6.45, 7) is -0.611. The minimum atomic E-state index is -3.52. The summed E-state index contributed by atoms with van der Waals surface area (Å²) in [7, 11) is -3.52. The highest BCUT2D eigenvalue weighted by molar-refractivity contribution is 7.91. The van der Waals surface area contributed by atoms with Crippen LogP contribution in [0.4, 0.5) is 0 Å². The maximum atomic E-state index is 11.5. The zero-order valence-electron chi connectivity index (χ0n) is 11.7. The van der Waals surface area contributed by atoms with Crippen molar-refractivity contribution in [3.63, 3.8) is 0 Å². The molecule has 0 radical (unpaired) electrons. The Morgan fingerprint density at radius 3 is 1.95 bits per heavy atom. The van der Waals surface area contributed by atoms with Crippen LogP contribution in [0.1, 0.15) is 11.7 Å². The molecule has 0 fully saturated rings. The van der Waals surface area contributed by atoms with Crippen molar-refractivity contribution in [3.05, 3.63) is 60.2 Å². The normalized spacial score (nSPS) is 14.6. The molecule has 0 heterocycles. The van der Waals surface area contributed by atoms with E-state index >= 15 is 0 Å². The summed E-state index contributed by atoms with van der Waals surface area (Å²) < 4.78 is 23.1. The predicted octanol–water partition coefficient (Wildman–Crippen LogP) is 1.79. The van der Waals surface area contributed by atoms with Gasteiger partial charge in [0.15, 0.2) is 9.84 Å². The van der Waals surface area contributed by atoms with Crippen LogP contribution in [0.2, 0.25) is 0 Å². The van der Waals surface area contributed by atoms with Crippen molar-refractivity contribution in [2.75, 3.05) is 12.9 Å². The molecule has 4 nitrogen and oxygen atoms in total. The predicted molar refractivity (Wildman–Crippen MR) is 82.6 cm³/mol. The lowest BCUT2D eigenvalue weighted by Crippen LogP contribution is -2.31. The van der Waals surface area contributed by atoms with Gasteiger partial charge in [-0.1, -0.05) is 54.6 Å². The van der Waals surface area contributed by atoms with Gasteiger partial charge in [-0.2, -0.15) is 0 Å². The molecule has 0 bridgehead atoms. The molecule has 2 rings (SSSR count). The smallest absolute Gasteiger partial charge is 0.155 e. The highest BCUT2D eigenvalue weighted by Gasteiger charge is 2.29. The third-order valence-electron chi connectivity index (χ3n) is 3.44. The van der Waals surface area contributed by atoms with Crippen LogP contribution in [0.15, 0.2) is 54.6 Å². The number of benzene rings is 2. The first kappa shape index (κ1) is 15.7. The molecule has 2 atom stereocenters. The second-order valence-corrected chi connectivity index (χ2v) is 7.25. The van der Waals surface area contributed by atoms with Gasteiger partial charge in [0.1, 0.15) is 5.25 Å². The second kappa shape index (κ2) is 6.39. The van der Waals surface area contributed by atoms with Gasteiger partial charge in [0.25, 0.3) is 0 Å². The molecule has 21 heavy (non-hydrogen) atoms. The fourth-order valence-electron chi connectivity index (χ4n) is 2.19. The lowest BCUT2D eigenvalue weighted by molar-refractivity contribution is 0.138. The van der Waals surface area contributed by atoms with E-state index < -0.39 is 27.8 Å². The molecule has 2 N–H and O–H groups in total. The van der Waals surface area contributed by atoms with Gasteiger partial charge in [0.05, 0.1) is 12.7 Å². The molecule has 0 saturated heterocycles. The van der Waals surface area contributed by atoms with Crippen LogP contribution in [0.25, 0.3) is 11.1 Å². The topological polar surface area (TPSA) is 74.6 Å². The van der Waals surface area contributed by atoms with Crippen molar-refractivity contribution in [3.8, 4) is 11.1 Å². The van der Waals surface area contributed by atoms with E-state index in [-0.39, 0.29) is 0 Å². The lowest BCUT2D eigenvalue weighted by atomic mass is 10.0. The molecule has 0 aliphatic rings. The molecule has 5 heteroatoms. The lowest BCUT2D eigenvalue weighted by Gasteiger charge is -2.19. The molecule has 0 aliphatic heterocycles. The third kappa shape index (κ3) is 3.69.